The second kappa shape index (κ2) is 5.79. The Bertz CT molecular complexity index is 710. The van der Waals surface area contributed by atoms with Gasteiger partial charge in [0.05, 0.1) is 4.47 Å². The van der Waals surface area contributed by atoms with Crippen LogP contribution in [0.1, 0.15) is 0 Å². The van der Waals surface area contributed by atoms with Crippen molar-refractivity contribution in [1.82, 2.24) is 0 Å². The molecule has 0 aliphatic rings. The number of halogens is 4. The normalized spacial score (nSPS) is 11.6. The minimum Gasteiger partial charge on any atom is -0.379 e. The van der Waals surface area contributed by atoms with E-state index < -0.39 is 10.1 Å². The van der Waals surface area contributed by atoms with Crippen molar-refractivity contribution < 1.29 is 12.6 Å². The maximum absolute atomic E-state index is 12.1. The highest BCUT2D eigenvalue weighted by Crippen LogP contribution is 2.43. The first-order valence-electron chi connectivity index (χ1n) is 4.64. The van der Waals surface area contributed by atoms with Crippen LogP contribution in [0.2, 0.25) is 13.7 Å². The number of hydrogen-bond acceptors (Lipinski definition) is 4. The molecule has 0 atom stereocenters. The molecule has 2 rings (SSSR count). The summed E-state index contributed by atoms with van der Waals surface area (Å²) >= 11 is 21.4. The third-order valence-corrected chi connectivity index (χ3v) is 6.97. The molecule has 0 saturated heterocycles. The van der Waals surface area contributed by atoms with Gasteiger partial charge in [-0.2, -0.15) is 8.42 Å². The summed E-state index contributed by atoms with van der Waals surface area (Å²) < 4.78 is 29.7. The van der Waals surface area contributed by atoms with Gasteiger partial charge in [-0.15, -0.1) is 11.3 Å². The van der Waals surface area contributed by atoms with E-state index in [2.05, 4.69) is 15.9 Å². The van der Waals surface area contributed by atoms with Crippen LogP contribution in [-0.4, -0.2) is 8.42 Å². The van der Waals surface area contributed by atoms with Crippen LogP contribution in [-0.2, 0) is 10.1 Å². The van der Waals surface area contributed by atoms with Crippen molar-refractivity contribution in [3.8, 4) is 5.75 Å². The summed E-state index contributed by atoms with van der Waals surface area (Å²) in [5.74, 6) is 0.134. The predicted octanol–water partition coefficient (Wildman–Crippen LogP) is 5.24. The van der Waals surface area contributed by atoms with Gasteiger partial charge in [0.25, 0.3) is 0 Å². The summed E-state index contributed by atoms with van der Waals surface area (Å²) in [5.41, 5.74) is 0. The molecule has 0 aliphatic carbocycles. The molecule has 1 heterocycles. The quantitative estimate of drug-likeness (QED) is 0.636. The summed E-state index contributed by atoms with van der Waals surface area (Å²) in [6.07, 6.45) is 0. The molecule has 19 heavy (non-hydrogen) atoms. The van der Waals surface area contributed by atoms with Crippen molar-refractivity contribution >= 4 is 72.2 Å². The molecule has 102 valence electrons. The number of thiophene rings is 1. The largest absolute Gasteiger partial charge is 0.379 e. The van der Waals surface area contributed by atoms with Crippen molar-refractivity contribution in [3.63, 3.8) is 0 Å². The van der Waals surface area contributed by atoms with Gasteiger partial charge in [0.1, 0.15) is 14.4 Å². The average Bonchev–Trinajstić information content (AvgIpc) is 2.56. The molecule has 0 fully saturated rings. The maximum atomic E-state index is 12.1. The zero-order valence-electron chi connectivity index (χ0n) is 8.86. The Morgan fingerprint density at radius 3 is 2.11 bits per heavy atom. The van der Waals surface area contributed by atoms with E-state index in [0.29, 0.717) is 5.02 Å². The van der Waals surface area contributed by atoms with Crippen molar-refractivity contribution in [2.24, 2.45) is 0 Å². The fourth-order valence-electron chi connectivity index (χ4n) is 1.21. The lowest BCUT2D eigenvalue weighted by molar-refractivity contribution is 0.486. The molecule has 0 N–H and O–H groups in total. The van der Waals surface area contributed by atoms with Gasteiger partial charge in [0, 0.05) is 5.02 Å². The molecule has 9 heteroatoms. The first-order valence-corrected chi connectivity index (χ1v) is 8.80. The van der Waals surface area contributed by atoms with Crippen LogP contribution >= 0.6 is 62.1 Å². The molecule has 0 radical (unpaired) electrons. The summed E-state index contributed by atoms with van der Waals surface area (Å²) in [7, 11) is -4.06. The Morgan fingerprint density at radius 1 is 1.05 bits per heavy atom. The molecule has 0 unspecified atom stereocenters. The SMILES string of the molecule is O=S(=O)(Oc1ccc(Cl)cc1)c1c(Cl)sc(Cl)c1Br. The minimum absolute atomic E-state index is 0.0332. The highest BCUT2D eigenvalue weighted by molar-refractivity contribution is 9.10. The van der Waals surface area contributed by atoms with E-state index in [-0.39, 0.29) is 23.8 Å². The lowest BCUT2D eigenvalue weighted by Crippen LogP contribution is -2.09. The number of benzene rings is 1. The van der Waals surface area contributed by atoms with Gasteiger partial charge in [-0.05, 0) is 40.2 Å². The van der Waals surface area contributed by atoms with Crippen LogP contribution in [0, 0.1) is 0 Å². The first kappa shape index (κ1) is 15.4. The average molecular weight is 423 g/mol. The Morgan fingerprint density at radius 2 is 1.63 bits per heavy atom. The van der Waals surface area contributed by atoms with Gasteiger partial charge in [-0.3, -0.25) is 0 Å². The Labute approximate surface area is 137 Å². The van der Waals surface area contributed by atoms with Crippen LogP contribution in [0.4, 0.5) is 0 Å². The highest BCUT2D eigenvalue weighted by Gasteiger charge is 2.28. The molecule has 1 aromatic carbocycles. The molecular formula is C10H4BrCl3O3S2. The maximum Gasteiger partial charge on any atom is 0.342 e. The van der Waals surface area contributed by atoms with Gasteiger partial charge in [0.15, 0.2) is 4.90 Å². The monoisotopic (exact) mass is 420 g/mol. The lowest BCUT2D eigenvalue weighted by Gasteiger charge is -2.06. The molecule has 2 aromatic rings. The molecule has 0 spiro atoms. The van der Waals surface area contributed by atoms with Crippen LogP contribution in [0.15, 0.2) is 33.6 Å². The minimum atomic E-state index is -4.06. The van der Waals surface area contributed by atoms with Crippen LogP contribution < -0.4 is 4.18 Å². The molecule has 0 aliphatic heterocycles. The summed E-state index contributed by atoms with van der Waals surface area (Å²) in [4.78, 5) is -0.181. The second-order valence-electron chi connectivity index (χ2n) is 3.28. The Kier molecular flexibility index (Phi) is 4.70. The Hall–Kier alpha value is 0.0200. The van der Waals surface area contributed by atoms with Crippen LogP contribution in [0.5, 0.6) is 5.75 Å². The summed E-state index contributed by atoms with van der Waals surface area (Å²) in [5, 5.41) is 0.475. The van der Waals surface area contributed by atoms with Gasteiger partial charge < -0.3 is 4.18 Å². The predicted molar refractivity (Wildman–Crippen MR) is 81.3 cm³/mol. The van der Waals surface area contributed by atoms with Crippen molar-refractivity contribution in [3.05, 3.63) is 42.4 Å². The van der Waals surface area contributed by atoms with E-state index in [1.165, 1.54) is 24.3 Å². The zero-order valence-corrected chi connectivity index (χ0v) is 14.3. The molecule has 0 amide bonds. The van der Waals surface area contributed by atoms with E-state index in [1.54, 1.807) is 0 Å². The lowest BCUT2D eigenvalue weighted by atomic mass is 10.3. The third kappa shape index (κ3) is 3.37. The molecular weight excluding hydrogens is 419 g/mol. The standard InChI is InChI=1S/C10H4BrCl3O3S2/c11-7-8(10(14)18-9(7)13)19(15,16)17-6-3-1-5(12)2-4-6/h1-4H. The Balaban J connectivity index is 2.40. The zero-order chi connectivity index (χ0) is 14.2. The summed E-state index contributed by atoms with van der Waals surface area (Å²) in [6, 6.07) is 5.92. The van der Waals surface area contributed by atoms with E-state index in [4.69, 9.17) is 39.0 Å². The summed E-state index contributed by atoms with van der Waals surface area (Å²) in [6.45, 7) is 0. The van der Waals surface area contributed by atoms with E-state index >= 15 is 0 Å². The fourth-order valence-corrected chi connectivity index (χ4v) is 5.73. The number of hydrogen-bond donors (Lipinski definition) is 0. The molecule has 1 aromatic heterocycles. The topological polar surface area (TPSA) is 43.4 Å². The van der Waals surface area contributed by atoms with Crippen molar-refractivity contribution in [1.29, 1.82) is 0 Å². The smallest absolute Gasteiger partial charge is 0.342 e. The van der Waals surface area contributed by atoms with E-state index in [9.17, 15) is 8.42 Å². The van der Waals surface area contributed by atoms with E-state index in [1.807, 2.05) is 0 Å². The molecule has 0 bridgehead atoms. The first-order chi connectivity index (χ1) is 8.81. The fraction of sp³-hybridized carbons (Fsp3) is 0. The van der Waals surface area contributed by atoms with Crippen molar-refractivity contribution in [2.75, 3.05) is 0 Å². The second-order valence-corrected chi connectivity index (χ2v) is 8.22. The van der Waals surface area contributed by atoms with Gasteiger partial charge in [-0.25, -0.2) is 0 Å². The van der Waals surface area contributed by atoms with Gasteiger partial charge in [0.2, 0.25) is 0 Å². The van der Waals surface area contributed by atoms with E-state index in [0.717, 1.165) is 11.3 Å². The van der Waals surface area contributed by atoms with Crippen molar-refractivity contribution in [2.45, 2.75) is 4.90 Å². The highest BCUT2D eigenvalue weighted by atomic mass is 79.9. The van der Waals surface area contributed by atoms with Gasteiger partial charge >= 0.3 is 10.1 Å². The van der Waals surface area contributed by atoms with Crippen LogP contribution in [0.25, 0.3) is 0 Å². The number of rotatable bonds is 3. The van der Waals surface area contributed by atoms with Crippen LogP contribution in [0.3, 0.4) is 0 Å². The molecule has 3 nitrogen and oxygen atoms in total. The third-order valence-electron chi connectivity index (χ3n) is 2.00. The van der Waals surface area contributed by atoms with Gasteiger partial charge in [-0.1, -0.05) is 34.8 Å². The molecule has 0 saturated carbocycles.